The van der Waals surface area contributed by atoms with Crippen LogP contribution < -0.4 is 5.32 Å². The maximum absolute atomic E-state index is 12.4. The van der Waals surface area contributed by atoms with E-state index >= 15 is 0 Å². The van der Waals surface area contributed by atoms with Gasteiger partial charge in [-0.1, -0.05) is 30.3 Å². The van der Waals surface area contributed by atoms with Crippen molar-refractivity contribution >= 4 is 17.2 Å². The largest absolute Gasteiger partial charge is 0.347 e. The average molecular weight is 311 g/mol. The topological polar surface area (TPSA) is 46.9 Å². The number of hydrogen-bond donors (Lipinski definition) is 1. The summed E-state index contributed by atoms with van der Waals surface area (Å²) >= 11 is 1.62. The summed E-state index contributed by atoms with van der Waals surface area (Å²) < 4.78 is 1.74. The Morgan fingerprint density at radius 3 is 2.77 bits per heavy atom. The highest BCUT2D eigenvalue weighted by Crippen LogP contribution is 2.21. The quantitative estimate of drug-likeness (QED) is 0.783. The zero-order chi connectivity index (χ0) is 15.4. The molecular formula is C17H17N3OS. The number of rotatable bonds is 5. The molecule has 0 spiro atoms. The maximum atomic E-state index is 12.4. The number of nitrogens with zero attached hydrogens (tertiary/aromatic N) is 2. The Hall–Kier alpha value is -2.40. The SMILES string of the molecule is CCn1nc(-c2ccsc2)cc1C(=O)NCc1ccccc1. The molecular weight excluding hydrogens is 294 g/mol. The van der Waals surface area contributed by atoms with Crippen LogP contribution in [0.2, 0.25) is 0 Å². The molecule has 0 radical (unpaired) electrons. The predicted molar refractivity (Wildman–Crippen MR) is 88.8 cm³/mol. The lowest BCUT2D eigenvalue weighted by atomic mass is 10.2. The zero-order valence-electron chi connectivity index (χ0n) is 12.3. The van der Waals surface area contributed by atoms with E-state index in [1.807, 2.05) is 60.1 Å². The number of aromatic nitrogens is 2. The molecule has 112 valence electrons. The Morgan fingerprint density at radius 2 is 2.09 bits per heavy atom. The molecule has 4 nitrogen and oxygen atoms in total. The summed E-state index contributed by atoms with van der Waals surface area (Å²) in [5.74, 6) is -0.0975. The van der Waals surface area contributed by atoms with Gasteiger partial charge in [0, 0.05) is 24.0 Å². The van der Waals surface area contributed by atoms with Gasteiger partial charge in [-0.25, -0.2) is 0 Å². The minimum Gasteiger partial charge on any atom is -0.347 e. The Kier molecular flexibility index (Phi) is 4.34. The molecule has 0 aliphatic carbocycles. The van der Waals surface area contributed by atoms with Crippen molar-refractivity contribution in [2.24, 2.45) is 0 Å². The number of carbonyl (C=O) groups excluding carboxylic acids is 1. The third kappa shape index (κ3) is 3.09. The Bertz CT molecular complexity index is 748. The minimum absolute atomic E-state index is 0.0975. The van der Waals surface area contributed by atoms with Crippen molar-refractivity contribution < 1.29 is 4.79 Å². The second kappa shape index (κ2) is 6.58. The summed E-state index contributed by atoms with van der Waals surface area (Å²) in [6, 6.07) is 13.7. The summed E-state index contributed by atoms with van der Waals surface area (Å²) in [6.45, 7) is 3.17. The van der Waals surface area contributed by atoms with E-state index in [9.17, 15) is 4.79 Å². The van der Waals surface area contributed by atoms with E-state index in [2.05, 4.69) is 10.4 Å². The summed E-state index contributed by atoms with van der Waals surface area (Å²) in [6.07, 6.45) is 0. The predicted octanol–water partition coefficient (Wildman–Crippen LogP) is 3.56. The third-order valence-corrected chi connectivity index (χ3v) is 4.11. The molecule has 0 unspecified atom stereocenters. The number of benzene rings is 1. The second-order valence-corrected chi connectivity index (χ2v) is 5.69. The first-order chi connectivity index (χ1) is 10.8. The van der Waals surface area contributed by atoms with Crippen LogP contribution in [0.5, 0.6) is 0 Å². The van der Waals surface area contributed by atoms with Crippen LogP contribution >= 0.6 is 11.3 Å². The first-order valence-electron chi connectivity index (χ1n) is 7.20. The molecule has 1 amide bonds. The van der Waals surface area contributed by atoms with E-state index < -0.39 is 0 Å². The van der Waals surface area contributed by atoms with Gasteiger partial charge in [-0.15, -0.1) is 0 Å². The molecule has 0 atom stereocenters. The molecule has 0 saturated heterocycles. The molecule has 5 heteroatoms. The lowest BCUT2D eigenvalue weighted by Gasteiger charge is -2.06. The Labute approximate surface area is 133 Å². The van der Waals surface area contributed by atoms with Crippen molar-refractivity contribution in [2.75, 3.05) is 0 Å². The van der Waals surface area contributed by atoms with Crippen LogP contribution in [0.4, 0.5) is 0 Å². The van der Waals surface area contributed by atoms with Gasteiger partial charge >= 0.3 is 0 Å². The van der Waals surface area contributed by atoms with Gasteiger partial charge in [0.05, 0.1) is 5.69 Å². The van der Waals surface area contributed by atoms with Crippen molar-refractivity contribution in [1.82, 2.24) is 15.1 Å². The number of thiophene rings is 1. The van der Waals surface area contributed by atoms with Crippen molar-refractivity contribution in [3.63, 3.8) is 0 Å². The van der Waals surface area contributed by atoms with Crippen molar-refractivity contribution in [3.8, 4) is 11.3 Å². The first-order valence-corrected chi connectivity index (χ1v) is 8.14. The summed E-state index contributed by atoms with van der Waals surface area (Å²) in [4.78, 5) is 12.4. The molecule has 2 heterocycles. The van der Waals surface area contributed by atoms with Gasteiger partial charge in [-0.05, 0) is 30.0 Å². The molecule has 0 saturated carbocycles. The third-order valence-electron chi connectivity index (χ3n) is 3.42. The smallest absolute Gasteiger partial charge is 0.269 e. The number of amides is 1. The zero-order valence-corrected chi connectivity index (χ0v) is 13.1. The van der Waals surface area contributed by atoms with Gasteiger partial charge in [-0.2, -0.15) is 16.4 Å². The fourth-order valence-corrected chi connectivity index (χ4v) is 2.91. The molecule has 2 aromatic heterocycles. The van der Waals surface area contributed by atoms with Gasteiger partial charge in [-0.3, -0.25) is 9.48 Å². The number of aryl methyl sites for hydroxylation is 1. The first kappa shape index (κ1) is 14.5. The molecule has 0 aliphatic rings. The van der Waals surface area contributed by atoms with E-state index in [1.165, 1.54) is 0 Å². The molecule has 22 heavy (non-hydrogen) atoms. The molecule has 0 bridgehead atoms. The van der Waals surface area contributed by atoms with Crippen molar-refractivity contribution in [2.45, 2.75) is 20.0 Å². The summed E-state index contributed by atoms with van der Waals surface area (Å²) in [5, 5.41) is 11.5. The second-order valence-electron chi connectivity index (χ2n) is 4.91. The summed E-state index contributed by atoms with van der Waals surface area (Å²) in [7, 11) is 0. The van der Waals surface area contributed by atoms with Crippen LogP contribution in [0.15, 0.2) is 53.2 Å². The number of carbonyl (C=O) groups is 1. The molecule has 1 N–H and O–H groups in total. The van der Waals surface area contributed by atoms with E-state index in [0.717, 1.165) is 16.8 Å². The molecule has 3 rings (SSSR count). The van der Waals surface area contributed by atoms with Gasteiger partial charge in [0.1, 0.15) is 5.69 Å². The molecule has 3 aromatic rings. The molecule has 0 fully saturated rings. The fraction of sp³-hybridized carbons (Fsp3) is 0.176. The Morgan fingerprint density at radius 1 is 1.27 bits per heavy atom. The van der Waals surface area contributed by atoms with Crippen LogP contribution in [0.1, 0.15) is 23.0 Å². The monoisotopic (exact) mass is 311 g/mol. The summed E-state index contributed by atoms with van der Waals surface area (Å²) in [5.41, 5.74) is 3.57. The highest BCUT2D eigenvalue weighted by atomic mass is 32.1. The van der Waals surface area contributed by atoms with E-state index in [-0.39, 0.29) is 5.91 Å². The normalized spacial score (nSPS) is 10.6. The Balaban J connectivity index is 1.77. The van der Waals surface area contributed by atoms with Gasteiger partial charge in [0.15, 0.2) is 0 Å². The average Bonchev–Trinajstić information content (AvgIpc) is 3.22. The maximum Gasteiger partial charge on any atom is 0.269 e. The van der Waals surface area contributed by atoms with E-state index in [1.54, 1.807) is 16.0 Å². The van der Waals surface area contributed by atoms with Crippen LogP contribution in [0.25, 0.3) is 11.3 Å². The lowest BCUT2D eigenvalue weighted by molar-refractivity contribution is 0.0940. The van der Waals surface area contributed by atoms with Crippen LogP contribution in [0, 0.1) is 0 Å². The highest BCUT2D eigenvalue weighted by molar-refractivity contribution is 7.08. The van der Waals surface area contributed by atoms with Crippen LogP contribution in [-0.4, -0.2) is 15.7 Å². The fourth-order valence-electron chi connectivity index (χ4n) is 2.26. The number of nitrogens with one attached hydrogen (secondary N) is 1. The minimum atomic E-state index is -0.0975. The van der Waals surface area contributed by atoms with Gasteiger partial charge in [0.2, 0.25) is 0 Å². The molecule has 1 aromatic carbocycles. The molecule has 0 aliphatic heterocycles. The van der Waals surface area contributed by atoms with E-state index in [4.69, 9.17) is 0 Å². The van der Waals surface area contributed by atoms with Crippen LogP contribution in [-0.2, 0) is 13.1 Å². The number of hydrogen-bond acceptors (Lipinski definition) is 3. The van der Waals surface area contributed by atoms with E-state index in [0.29, 0.717) is 18.8 Å². The van der Waals surface area contributed by atoms with Gasteiger partial charge < -0.3 is 5.32 Å². The van der Waals surface area contributed by atoms with Crippen LogP contribution in [0.3, 0.4) is 0 Å². The van der Waals surface area contributed by atoms with Crippen molar-refractivity contribution in [3.05, 3.63) is 64.5 Å². The van der Waals surface area contributed by atoms with Crippen molar-refractivity contribution in [1.29, 1.82) is 0 Å². The highest BCUT2D eigenvalue weighted by Gasteiger charge is 2.15. The lowest BCUT2D eigenvalue weighted by Crippen LogP contribution is -2.25. The van der Waals surface area contributed by atoms with Gasteiger partial charge in [0.25, 0.3) is 5.91 Å². The standard InChI is InChI=1S/C17H17N3OS/c1-2-20-16(10-15(19-20)14-8-9-22-12-14)17(21)18-11-13-6-4-3-5-7-13/h3-10,12H,2,11H2,1H3,(H,18,21).